The quantitative estimate of drug-likeness (QED) is 0.886. The van der Waals surface area contributed by atoms with Gasteiger partial charge in [-0.05, 0) is 25.1 Å². The van der Waals surface area contributed by atoms with Gasteiger partial charge in [-0.1, -0.05) is 6.07 Å². The maximum Gasteiger partial charge on any atom is 0.409 e. The maximum atomic E-state index is 11.8. The van der Waals surface area contributed by atoms with Gasteiger partial charge < -0.3 is 19.9 Å². The number of rotatable bonds is 4. The van der Waals surface area contributed by atoms with Crippen LogP contribution in [0.2, 0.25) is 0 Å². The molecule has 2 aromatic rings. The van der Waals surface area contributed by atoms with Crippen LogP contribution in [-0.2, 0) is 4.74 Å². The number of amides is 1. The highest BCUT2D eigenvalue weighted by molar-refractivity contribution is 5.68. The molecule has 1 saturated heterocycles. The molecule has 0 radical (unpaired) electrons. The number of hydrogen-bond donors (Lipinski definition) is 1. The molecule has 0 unspecified atom stereocenters. The summed E-state index contributed by atoms with van der Waals surface area (Å²) >= 11 is 0. The number of nitrogens with one attached hydrogen (secondary N) is 1. The lowest BCUT2D eigenvalue weighted by atomic mass is 10.2. The molecule has 0 aliphatic carbocycles. The Hall–Kier alpha value is -3.41. The second-order valence-corrected chi connectivity index (χ2v) is 5.63. The molecule has 0 atom stereocenters. The van der Waals surface area contributed by atoms with Crippen LogP contribution in [0.4, 0.5) is 22.2 Å². The fourth-order valence-corrected chi connectivity index (χ4v) is 2.61. The molecular formula is C17H19N7O2. The van der Waals surface area contributed by atoms with Crippen molar-refractivity contribution >= 4 is 23.5 Å². The second-order valence-electron chi connectivity index (χ2n) is 5.63. The summed E-state index contributed by atoms with van der Waals surface area (Å²) in [5.41, 5.74) is 1.31. The maximum absolute atomic E-state index is 11.8. The average Bonchev–Trinajstić information content (AvgIpc) is 2.69. The number of nitriles is 1. The van der Waals surface area contributed by atoms with Crippen molar-refractivity contribution in [3.05, 3.63) is 36.0 Å². The van der Waals surface area contributed by atoms with E-state index in [-0.39, 0.29) is 6.09 Å². The standard InChI is InChI=1S/C17H19N7O2/c1-2-26-17(25)24-8-6-23(7-9-24)16-21-15(12-19-22-16)20-14-5-3-4-13(10-14)11-18/h3-5,10,12H,2,6-9H2,1H3,(H,20,21,22). The minimum absolute atomic E-state index is 0.293. The number of ether oxygens (including phenoxy) is 1. The highest BCUT2D eigenvalue weighted by Gasteiger charge is 2.23. The molecule has 9 heteroatoms. The van der Waals surface area contributed by atoms with Crippen molar-refractivity contribution in [3.8, 4) is 6.07 Å². The lowest BCUT2D eigenvalue weighted by Gasteiger charge is -2.33. The summed E-state index contributed by atoms with van der Waals surface area (Å²) in [7, 11) is 0. The predicted molar refractivity (Wildman–Crippen MR) is 95.1 cm³/mol. The average molecular weight is 353 g/mol. The van der Waals surface area contributed by atoms with E-state index in [1.807, 2.05) is 11.0 Å². The molecule has 26 heavy (non-hydrogen) atoms. The molecule has 9 nitrogen and oxygen atoms in total. The summed E-state index contributed by atoms with van der Waals surface area (Å²) in [5, 5.41) is 20.2. The Morgan fingerprint density at radius 2 is 2.15 bits per heavy atom. The second kappa shape index (κ2) is 8.11. The molecule has 0 saturated carbocycles. The molecule has 134 valence electrons. The van der Waals surface area contributed by atoms with Gasteiger partial charge >= 0.3 is 6.09 Å². The van der Waals surface area contributed by atoms with Crippen LogP contribution < -0.4 is 10.2 Å². The Balaban J connectivity index is 1.65. The van der Waals surface area contributed by atoms with Crippen LogP contribution >= 0.6 is 0 Å². The van der Waals surface area contributed by atoms with E-state index in [9.17, 15) is 4.79 Å². The van der Waals surface area contributed by atoms with Crippen molar-refractivity contribution in [2.75, 3.05) is 43.0 Å². The van der Waals surface area contributed by atoms with E-state index in [1.54, 1.807) is 30.0 Å². The summed E-state index contributed by atoms with van der Waals surface area (Å²) in [5.74, 6) is 1.04. The Kier molecular flexibility index (Phi) is 5.43. The third-order valence-corrected chi connectivity index (χ3v) is 3.90. The fourth-order valence-electron chi connectivity index (χ4n) is 2.61. The van der Waals surface area contributed by atoms with Gasteiger partial charge in [0.1, 0.15) is 0 Å². The van der Waals surface area contributed by atoms with Gasteiger partial charge in [-0.25, -0.2) is 4.79 Å². The zero-order chi connectivity index (χ0) is 18.4. The zero-order valence-electron chi connectivity index (χ0n) is 14.4. The van der Waals surface area contributed by atoms with Crippen LogP contribution in [0, 0.1) is 11.3 Å². The largest absolute Gasteiger partial charge is 0.450 e. The van der Waals surface area contributed by atoms with Crippen molar-refractivity contribution in [2.24, 2.45) is 0 Å². The number of anilines is 3. The molecule has 1 aliphatic heterocycles. The highest BCUT2D eigenvalue weighted by atomic mass is 16.6. The van der Waals surface area contributed by atoms with Crippen molar-refractivity contribution in [3.63, 3.8) is 0 Å². The minimum atomic E-state index is -0.293. The van der Waals surface area contributed by atoms with Crippen LogP contribution in [0.15, 0.2) is 30.5 Å². The first-order valence-corrected chi connectivity index (χ1v) is 8.33. The summed E-state index contributed by atoms with van der Waals surface area (Å²) < 4.78 is 5.02. The van der Waals surface area contributed by atoms with E-state index < -0.39 is 0 Å². The van der Waals surface area contributed by atoms with Gasteiger partial charge in [-0.2, -0.15) is 15.3 Å². The van der Waals surface area contributed by atoms with Crippen LogP contribution in [0.3, 0.4) is 0 Å². The molecule has 1 aromatic heterocycles. The van der Waals surface area contributed by atoms with E-state index in [4.69, 9.17) is 10.00 Å². The molecule has 1 N–H and O–H groups in total. The lowest BCUT2D eigenvalue weighted by molar-refractivity contribution is 0.105. The van der Waals surface area contributed by atoms with Gasteiger partial charge in [-0.15, -0.1) is 5.10 Å². The van der Waals surface area contributed by atoms with Gasteiger partial charge in [0.25, 0.3) is 0 Å². The topological polar surface area (TPSA) is 107 Å². The fraction of sp³-hybridized carbons (Fsp3) is 0.353. The predicted octanol–water partition coefficient (Wildman–Crippen LogP) is 1.77. The van der Waals surface area contributed by atoms with Crippen molar-refractivity contribution in [1.29, 1.82) is 5.26 Å². The summed E-state index contributed by atoms with van der Waals surface area (Å²) in [6.45, 7) is 4.46. The van der Waals surface area contributed by atoms with Crippen LogP contribution in [0.25, 0.3) is 0 Å². The zero-order valence-corrected chi connectivity index (χ0v) is 14.4. The van der Waals surface area contributed by atoms with Gasteiger partial charge in [0.05, 0.1) is 24.4 Å². The van der Waals surface area contributed by atoms with Crippen molar-refractivity contribution < 1.29 is 9.53 Å². The Morgan fingerprint density at radius 3 is 2.88 bits per heavy atom. The number of carbonyl (C=O) groups is 1. The number of carbonyl (C=O) groups excluding carboxylic acids is 1. The van der Waals surface area contributed by atoms with Crippen molar-refractivity contribution in [2.45, 2.75) is 6.92 Å². The number of aromatic nitrogens is 3. The molecule has 1 fully saturated rings. The normalized spacial score (nSPS) is 13.8. The van der Waals surface area contributed by atoms with Gasteiger partial charge in [0, 0.05) is 31.9 Å². The molecule has 2 heterocycles. The first kappa shape index (κ1) is 17.4. The lowest BCUT2D eigenvalue weighted by Crippen LogP contribution is -2.49. The number of piperazine rings is 1. The van der Waals surface area contributed by atoms with E-state index >= 15 is 0 Å². The first-order chi connectivity index (χ1) is 12.7. The Bertz CT molecular complexity index is 813. The van der Waals surface area contributed by atoms with Gasteiger partial charge in [0.15, 0.2) is 5.82 Å². The van der Waals surface area contributed by atoms with Crippen LogP contribution in [-0.4, -0.2) is 59.0 Å². The number of benzene rings is 1. The van der Waals surface area contributed by atoms with E-state index in [2.05, 4.69) is 26.6 Å². The number of hydrogen-bond acceptors (Lipinski definition) is 8. The van der Waals surface area contributed by atoms with Gasteiger partial charge in [-0.3, -0.25) is 0 Å². The van der Waals surface area contributed by atoms with E-state index in [1.165, 1.54) is 6.20 Å². The smallest absolute Gasteiger partial charge is 0.409 e. The summed E-state index contributed by atoms with van der Waals surface area (Å²) in [6.07, 6.45) is 1.23. The van der Waals surface area contributed by atoms with Gasteiger partial charge in [0.2, 0.25) is 5.95 Å². The van der Waals surface area contributed by atoms with Crippen LogP contribution in [0.5, 0.6) is 0 Å². The Labute approximate surface area is 151 Å². The molecule has 0 bridgehead atoms. The molecule has 3 rings (SSSR count). The highest BCUT2D eigenvalue weighted by Crippen LogP contribution is 2.18. The molecule has 0 spiro atoms. The molecule has 1 amide bonds. The third-order valence-electron chi connectivity index (χ3n) is 3.90. The monoisotopic (exact) mass is 353 g/mol. The molecule has 1 aromatic carbocycles. The summed E-state index contributed by atoms with van der Waals surface area (Å²) in [6, 6.07) is 9.21. The third kappa shape index (κ3) is 4.16. The minimum Gasteiger partial charge on any atom is -0.450 e. The number of nitrogens with zero attached hydrogens (tertiary/aromatic N) is 6. The first-order valence-electron chi connectivity index (χ1n) is 8.33. The van der Waals surface area contributed by atoms with E-state index in [0.717, 1.165) is 5.69 Å². The van der Waals surface area contributed by atoms with E-state index in [0.29, 0.717) is 50.1 Å². The summed E-state index contributed by atoms with van der Waals surface area (Å²) in [4.78, 5) is 19.9. The SMILES string of the molecule is CCOC(=O)N1CCN(c2nncc(Nc3cccc(C#N)c3)n2)CC1. The molecular weight excluding hydrogens is 334 g/mol. The van der Waals surface area contributed by atoms with Crippen molar-refractivity contribution in [1.82, 2.24) is 20.1 Å². The Morgan fingerprint density at radius 1 is 1.35 bits per heavy atom. The molecule has 1 aliphatic rings. The van der Waals surface area contributed by atoms with Crippen LogP contribution in [0.1, 0.15) is 12.5 Å².